The van der Waals surface area contributed by atoms with Crippen molar-refractivity contribution >= 4 is 5.84 Å². The normalized spacial score (nSPS) is 10.1. The predicted molar refractivity (Wildman–Crippen MR) is 75.1 cm³/mol. The van der Waals surface area contributed by atoms with Crippen LogP contribution in [0, 0.1) is 11.2 Å². The molecule has 0 atom stereocenters. The number of ether oxygens (including phenoxy) is 2. The van der Waals surface area contributed by atoms with Crippen LogP contribution >= 0.6 is 0 Å². The molecule has 104 valence electrons. The number of nitrogens with two attached hydrogens (primary N) is 1. The lowest BCUT2D eigenvalue weighted by Gasteiger charge is -2.11. The quantitative estimate of drug-likeness (QED) is 0.649. The largest absolute Gasteiger partial charge is 0.494 e. The number of rotatable bonds is 5. The predicted octanol–water partition coefficient (Wildman–Crippen LogP) is 3.30. The second kappa shape index (κ2) is 6.06. The second-order valence-electron chi connectivity index (χ2n) is 4.06. The Kier molecular flexibility index (Phi) is 4.20. The van der Waals surface area contributed by atoms with Crippen molar-refractivity contribution in [2.45, 2.75) is 6.92 Å². The molecule has 0 amide bonds. The Morgan fingerprint density at radius 1 is 1.15 bits per heavy atom. The van der Waals surface area contributed by atoms with Gasteiger partial charge in [0.05, 0.1) is 12.2 Å². The van der Waals surface area contributed by atoms with E-state index in [1.54, 1.807) is 24.3 Å². The van der Waals surface area contributed by atoms with E-state index in [2.05, 4.69) is 0 Å². The molecule has 0 fully saturated rings. The van der Waals surface area contributed by atoms with Crippen molar-refractivity contribution in [1.29, 1.82) is 5.41 Å². The van der Waals surface area contributed by atoms with Crippen molar-refractivity contribution in [3.63, 3.8) is 0 Å². The molecule has 0 saturated carbocycles. The summed E-state index contributed by atoms with van der Waals surface area (Å²) in [6.45, 7) is 2.49. The van der Waals surface area contributed by atoms with Crippen LogP contribution in [0.5, 0.6) is 17.2 Å². The summed E-state index contributed by atoms with van der Waals surface area (Å²) in [5.41, 5.74) is 5.64. The van der Waals surface area contributed by atoms with E-state index in [1.165, 1.54) is 18.2 Å². The summed E-state index contributed by atoms with van der Waals surface area (Å²) in [7, 11) is 0. The van der Waals surface area contributed by atoms with Crippen molar-refractivity contribution in [1.82, 2.24) is 0 Å². The molecule has 0 heterocycles. The SMILES string of the molecule is CCOc1ccc(Oc2ccc(F)cc2C(=N)N)cc1. The zero-order chi connectivity index (χ0) is 14.5. The zero-order valence-electron chi connectivity index (χ0n) is 11.0. The second-order valence-corrected chi connectivity index (χ2v) is 4.06. The first-order valence-corrected chi connectivity index (χ1v) is 6.15. The molecule has 2 aromatic carbocycles. The summed E-state index contributed by atoms with van der Waals surface area (Å²) in [6.07, 6.45) is 0. The number of hydrogen-bond donors (Lipinski definition) is 2. The van der Waals surface area contributed by atoms with Crippen LogP contribution in [0.15, 0.2) is 42.5 Å². The molecule has 2 rings (SSSR count). The van der Waals surface area contributed by atoms with E-state index in [4.69, 9.17) is 20.6 Å². The molecule has 0 aliphatic heterocycles. The Labute approximate surface area is 116 Å². The Bertz CT molecular complexity index is 612. The highest BCUT2D eigenvalue weighted by Gasteiger charge is 2.09. The van der Waals surface area contributed by atoms with Gasteiger partial charge in [0.2, 0.25) is 0 Å². The zero-order valence-corrected chi connectivity index (χ0v) is 11.0. The third kappa shape index (κ3) is 3.26. The van der Waals surface area contributed by atoms with Crippen molar-refractivity contribution in [3.8, 4) is 17.2 Å². The monoisotopic (exact) mass is 274 g/mol. The lowest BCUT2D eigenvalue weighted by Crippen LogP contribution is -2.12. The Balaban J connectivity index is 2.23. The summed E-state index contributed by atoms with van der Waals surface area (Å²) in [5, 5.41) is 7.44. The van der Waals surface area contributed by atoms with Gasteiger partial charge in [-0.15, -0.1) is 0 Å². The van der Waals surface area contributed by atoms with Gasteiger partial charge >= 0.3 is 0 Å². The van der Waals surface area contributed by atoms with E-state index in [0.717, 1.165) is 5.75 Å². The first-order chi connectivity index (χ1) is 9.60. The van der Waals surface area contributed by atoms with Gasteiger partial charge in [0.15, 0.2) is 0 Å². The van der Waals surface area contributed by atoms with Crippen molar-refractivity contribution in [3.05, 3.63) is 53.8 Å². The van der Waals surface area contributed by atoms with Gasteiger partial charge in [-0.05, 0) is 49.4 Å². The van der Waals surface area contributed by atoms with Crippen molar-refractivity contribution in [2.24, 2.45) is 5.73 Å². The number of benzene rings is 2. The third-order valence-electron chi connectivity index (χ3n) is 2.59. The minimum atomic E-state index is -0.464. The summed E-state index contributed by atoms with van der Waals surface area (Å²) in [5.74, 6) is 0.927. The molecule has 20 heavy (non-hydrogen) atoms. The minimum absolute atomic E-state index is 0.221. The maximum Gasteiger partial charge on any atom is 0.138 e. The van der Waals surface area contributed by atoms with Gasteiger partial charge in [-0.3, -0.25) is 5.41 Å². The Morgan fingerprint density at radius 2 is 1.80 bits per heavy atom. The van der Waals surface area contributed by atoms with Gasteiger partial charge in [0.25, 0.3) is 0 Å². The third-order valence-corrected chi connectivity index (χ3v) is 2.59. The first-order valence-electron chi connectivity index (χ1n) is 6.15. The Morgan fingerprint density at radius 3 is 2.40 bits per heavy atom. The van der Waals surface area contributed by atoms with Crippen LogP contribution in [0.1, 0.15) is 12.5 Å². The average molecular weight is 274 g/mol. The van der Waals surface area contributed by atoms with Gasteiger partial charge in [0, 0.05) is 0 Å². The smallest absolute Gasteiger partial charge is 0.138 e. The van der Waals surface area contributed by atoms with Gasteiger partial charge in [0.1, 0.15) is 28.9 Å². The van der Waals surface area contributed by atoms with Crippen LogP contribution in [-0.2, 0) is 0 Å². The average Bonchev–Trinajstić information content (AvgIpc) is 2.43. The summed E-state index contributed by atoms with van der Waals surface area (Å²) < 4.78 is 24.1. The molecule has 0 radical (unpaired) electrons. The fourth-order valence-electron chi connectivity index (χ4n) is 1.70. The molecule has 0 saturated heterocycles. The van der Waals surface area contributed by atoms with Gasteiger partial charge in [-0.25, -0.2) is 4.39 Å². The van der Waals surface area contributed by atoms with Crippen LogP contribution in [-0.4, -0.2) is 12.4 Å². The van der Waals surface area contributed by atoms with Crippen LogP contribution in [0.25, 0.3) is 0 Å². The van der Waals surface area contributed by atoms with Crippen LogP contribution in [0.4, 0.5) is 4.39 Å². The number of amidine groups is 1. The standard InChI is InChI=1S/C15H15FN2O2/c1-2-19-11-4-6-12(7-5-11)20-14-8-3-10(16)9-13(14)15(17)18/h3-9H,2H2,1H3,(H3,17,18). The maximum absolute atomic E-state index is 13.2. The number of halogens is 1. The highest BCUT2D eigenvalue weighted by molar-refractivity contribution is 5.97. The van der Waals surface area contributed by atoms with Crippen molar-refractivity contribution < 1.29 is 13.9 Å². The summed E-state index contributed by atoms with van der Waals surface area (Å²) in [4.78, 5) is 0. The fourth-order valence-corrected chi connectivity index (χ4v) is 1.70. The van der Waals surface area contributed by atoms with E-state index in [1.807, 2.05) is 6.92 Å². The molecular weight excluding hydrogens is 259 g/mol. The van der Waals surface area contributed by atoms with E-state index in [-0.39, 0.29) is 11.4 Å². The topological polar surface area (TPSA) is 68.3 Å². The van der Waals surface area contributed by atoms with Crippen molar-refractivity contribution in [2.75, 3.05) is 6.61 Å². The molecule has 0 bridgehead atoms. The molecular formula is C15H15FN2O2. The van der Waals surface area contributed by atoms with E-state index < -0.39 is 5.82 Å². The number of nitrogen functional groups attached to an aromatic ring is 1. The molecule has 0 aliphatic rings. The van der Waals surface area contributed by atoms with Gasteiger partial charge in [-0.2, -0.15) is 0 Å². The molecule has 3 N–H and O–H groups in total. The lowest BCUT2D eigenvalue weighted by atomic mass is 10.2. The highest BCUT2D eigenvalue weighted by Crippen LogP contribution is 2.27. The molecule has 4 nitrogen and oxygen atoms in total. The minimum Gasteiger partial charge on any atom is -0.494 e. The van der Waals surface area contributed by atoms with Crippen LogP contribution in [0.2, 0.25) is 0 Å². The molecule has 0 unspecified atom stereocenters. The number of hydrogen-bond acceptors (Lipinski definition) is 3. The van der Waals surface area contributed by atoms with E-state index >= 15 is 0 Å². The molecule has 0 aliphatic carbocycles. The first kappa shape index (κ1) is 13.9. The van der Waals surface area contributed by atoms with Gasteiger partial charge < -0.3 is 15.2 Å². The lowest BCUT2D eigenvalue weighted by molar-refractivity contribution is 0.339. The van der Waals surface area contributed by atoms with Gasteiger partial charge in [-0.1, -0.05) is 0 Å². The Hall–Kier alpha value is -2.56. The fraction of sp³-hybridized carbons (Fsp3) is 0.133. The molecule has 0 spiro atoms. The molecule has 0 aromatic heterocycles. The summed E-state index contributed by atoms with van der Waals surface area (Å²) in [6, 6.07) is 10.9. The number of nitrogens with one attached hydrogen (secondary N) is 1. The van der Waals surface area contributed by atoms with Crippen LogP contribution < -0.4 is 15.2 Å². The van der Waals surface area contributed by atoms with E-state index in [9.17, 15) is 4.39 Å². The highest BCUT2D eigenvalue weighted by atomic mass is 19.1. The van der Waals surface area contributed by atoms with Crippen LogP contribution in [0.3, 0.4) is 0 Å². The molecule has 5 heteroatoms. The molecule has 2 aromatic rings. The summed E-state index contributed by atoms with van der Waals surface area (Å²) >= 11 is 0. The maximum atomic E-state index is 13.2. The van der Waals surface area contributed by atoms with E-state index in [0.29, 0.717) is 18.1 Å².